The number of halogens is 2. The van der Waals surface area contributed by atoms with Crippen molar-refractivity contribution in [2.45, 2.75) is 25.3 Å². The van der Waals surface area contributed by atoms with E-state index in [0.29, 0.717) is 25.3 Å². The Balaban J connectivity index is 1.80. The third-order valence-corrected chi connectivity index (χ3v) is 4.63. The Morgan fingerprint density at radius 2 is 2.10 bits per heavy atom. The molecule has 1 aromatic rings. The molecule has 3 nitrogen and oxygen atoms in total. The van der Waals surface area contributed by atoms with Crippen LogP contribution in [0.15, 0.2) is 18.2 Å². The van der Waals surface area contributed by atoms with E-state index in [1.807, 2.05) is 0 Å². The van der Waals surface area contributed by atoms with Crippen LogP contribution in [0.5, 0.6) is 0 Å². The summed E-state index contributed by atoms with van der Waals surface area (Å²) in [5.41, 5.74) is 0.343. The van der Waals surface area contributed by atoms with E-state index < -0.39 is 11.6 Å². The Morgan fingerprint density at radius 3 is 2.71 bits per heavy atom. The number of hydrogen-bond acceptors (Lipinski definition) is 3. The van der Waals surface area contributed by atoms with Gasteiger partial charge in [0.25, 0.3) is 0 Å². The van der Waals surface area contributed by atoms with Crippen LogP contribution in [0.2, 0.25) is 0 Å². The summed E-state index contributed by atoms with van der Waals surface area (Å²) in [5, 5.41) is 9.58. The molecule has 1 atom stereocenters. The summed E-state index contributed by atoms with van der Waals surface area (Å²) < 4.78 is 32.4. The van der Waals surface area contributed by atoms with Gasteiger partial charge in [-0.15, -0.1) is 0 Å². The lowest BCUT2D eigenvalue weighted by atomic mass is 9.84. The molecule has 2 fully saturated rings. The Labute approximate surface area is 123 Å². The molecule has 116 valence electrons. The van der Waals surface area contributed by atoms with Crippen molar-refractivity contribution >= 4 is 0 Å². The van der Waals surface area contributed by atoms with Crippen LogP contribution in [0.4, 0.5) is 8.78 Å². The minimum absolute atomic E-state index is 0.0385. The maximum Gasteiger partial charge on any atom is 0.130 e. The average Bonchev–Trinajstić information content (AvgIpc) is 2.44. The second kappa shape index (κ2) is 5.99. The molecule has 0 radical (unpaired) electrons. The summed E-state index contributed by atoms with van der Waals surface area (Å²) in [4.78, 5) is 2.22. The Morgan fingerprint density at radius 1 is 1.29 bits per heavy atom. The van der Waals surface area contributed by atoms with E-state index in [2.05, 4.69) is 4.90 Å². The first-order chi connectivity index (χ1) is 10.1. The summed E-state index contributed by atoms with van der Waals surface area (Å²) >= 11 is 0. The second-order valence-corrected chi connectivity index (χ2v) is 6.30. The number of aliphatic hydroxyl groups is 1. The number of nitrogens with zero attached hydrogens (tertiary/aromatic N) is 1. The van der Waals surface area contributed by atoms with Crippen LogP contribution >= 0.6 is 0 Å². The van der Waals surface area contributed by atoms with Crippen LogP contribution < -0.4 is 0 Å². The predicted octanol–water partition coefficient (Wildman–Crippen LogP) is 2.50. The molecule has 2 heterocycles. The van der Waals surface area contributed by atoms with Gasteiger partial charge in [0, 0.05) is 24.2 Å². The lowest BCUT2D eigenvalue weighted by Crippen LogP contribution is -2.54. The molecule has 0 aliphatic carbocycles. The number of aliphatic hydroxyl groups excluding tert-OH is 1. The van der Waals surface area contributed by atoms with Crippen molar-refractivity contribution in [3.05, 3.63) is 35.4 Å². The number of benzene rings is 1. The Kier molecular flexibility index (Phi) is 4.24. The van der Waals surface area contributed by atoms with Gasteiger partial charge in [-0.2, -0.15) is 0 Å². The monoisotopic (exact) mass is 297 g/mol. The van der Waals surface area contributed by atoms with Gasteiger partial charge in [0.2, 0.25) is 0 Å². The minimum atomic E-state index is -0.544. The van der Waals surface area contributed by atoms with E-state index in [9.17, 15) is 13.9 Å². The fourth-order valence-electron chi connectivity index (χ4n) is 3.36. The Hall–Kier alpha value is -1.04. The first kappa shape index (κ1) is 14.9. The quantitative estimate of drug-likeness (QED) is 0.927. The van der Waals surface area contributed by atoms with Crippen molar-refractivity contribution in [1.82, 2.24) is 4.90 Å². The maximum atomic E-state index is 14.1. The molecule has 21 heavy (non-hydrogen) atoms. The molecular formula is C16H21F2NO2. The van der Waals surface area contributed by atoms with Gasteiger partial charge in [0.15, 0.2) is 0 Å². The molecular weight excluding hydrogens is 276 g/mol. The number of rotatable bonds is 4. The Bertz CT molecular complexity index is 500. The largest absolute Gasteiger partial charge is 0.396 e. The van der Waals surface area contributed by atoms with Gasteiger partial charge in [0.1, 0.15) is 11.6 Å². The molecule has 1 unspecified atom stereocenters. The zero-order valence-corrected chi connectivity index (χ0v) is 12.0. The molecule has 5 heteroatoms. The van der Waals surface area contributed by atoms with Crippen molar-refractivity contribution in [1.29, 1.82) is 0 Å². The van der Waals surface area contributed by atoms with E-state index >= 15 is 0 Å². The van der Waals surface area contributed by atoms with Gasteiger partial charge in [-0.05, 0) is 25.5 Å². The van der Waals surface area contributed by atoms with E-state index in [4.69, 9.17) is 4.74 Å². The van der Waals surface area contributed by atoms with Crippen molar-refractivity contribution in [3.63, 3.8) is 0 Å². The van der Waals surface area contributed by atoms with Crippen LogP contribution in [0.1, 0.15) is 30.9 Å². The highest BCUT2D eigenvalue weighted by Gasteiger charge is 2.41. The van der Waals surface area contributed by atoms with Gasteiger partial charge in [-0.3, -0.25) is 4.90 Å². The number of piperidine rings is 1. The topological polar surface area (TPSA) is 32.7 Å². The van der Waals surface area contributed by atoms with Gasteiger partial charge in [-0.25, -0.2) is 8.78 Å². The van der Waals surface area contributed by atoms with Crippen LogP contribution in [0.3, 0.4) is 0 Å². The number of likely N-dealkylation sites (tertiary alicyclic amines) is 1. The SMILES string of the molecule is OCC1(CN2CCCCC2c2ccc(F)cc2F)COC1. The summed E-state index contributed by atoms with van der Waals surface area (Å²) in [6, 6.07) is 3.79. The van der Waals surface area contributed by atoms with Gasteiger partial charge >= 0.3 is 0 Å². The van der Waals surface area contributed by atoms with Crippen LogP contribution in [-0.4, -0.2) is 42.9 Å². The molecule has 0 saturated carbocycles. The van der Waals surface area contributed by atoms with Crippen molar-refractivity contribution in [2.75, 3.05) is 32.9 Å². The molecule has 0 spiro atoms. The zero-order chi connectivity index (χ0) is 14.9. The second-order valence-electron chi connectivity index (χ2n) is 6.30. The van der Waals surface area contributed by atoms with Gasteiger partial charge in [0.05, 0.1) is 25.2 Å². The predicted molar refractivity (Wildman–Crippen MR) is 74.9 cm³/mol. The zero-order valence-electron chi connectivity index (χ0n) is 12.0. The normalized spacial score (nSPS) is 25.6. The number of ether oxygens (including phenoxy) is 1. The lowest BCUT2D eigenvalue weighted by Gasteiger charge is -2.46. The third kappa shape index (κ3) is 2.96. The standard InChI is InChI=1S/C16H21F2NO2/c17-12-4-5-13(14(18)7-12)15-3-1-2-6-19(15)8-16(9-20)10-21-11-16/h4-5,7,15,20H,1-3,6,8-11H2. The van der Waals surface area contributed by atoms with Crippen LogP contribution in [0, 0.1) is 17.0 Å². The highest BCUT2D eigenvalue weighted by molar-refractivity contribution is 5.23. The third-order valence-electron chi connectivity index (χ3n) is 4.63. The van der Waals surface area contributed by atoms with E-state index in [1.165, 1.54) is 6.07 Å². The van der Waals surface area contributed by atoms with Crippen LogP contribution in [0.25, 0.3) is 0 Å². The summed E-state index contributed by atoms with van der Waals surface area (Å²) in [7, 11) is 0. The minimum Gasteiger partial charge on any atom is -0.396 e. The fraction of sp³-hybridized carbons (Fsp3) is 0.625. The highest BCUT2D eigenvalue weighted by atomic mass is 19.1. The fourth-order valence-corrected chi connectivity index (χ4v) is 3.36. The number of hydrogen-bond donors (Lipinski definition) is 1. The first-order valence-corrected chi connectivity index (χ1v) is 7.51. The highest BCUT2D eigenvalue weighted by Crippen LogP contribution is 2.37. The van der Waals surface area contributed by atoms with Gasteiger partial charge < -0.3 is 9.84 Å². The summed E-state index contributed by atoms with van der Waals surface area (Å²) in [6.45, 7) is 2.77. The molecule has 0 bridgehead atoms. The molecule has 0 aromatic heterocycles. The molecule has 1 aromatic carbocycles. The molecule has 2 saturated heterocycles. The maximum absolute atomic E-state index is 14.1. The van der Waals surface area contributed by atoms with Crippen LogP contribution in [-0.2, 0) is 4.74 Å². The van der Waals surface area contributed by atoms with Gasteiger partial charge in [-0.1, -0.05) is 12.5 Å². The lowest BCUT2D eigenvalue weighted by molar-refractivity contribution is -0.153. The van der Waals surface area contributed by atoms with Crippen molar-refractivity contribution in [3.8, 4) is 0 Å². The molecule has 2 aliphatic rings. The molecule has 3 rings (SSSR count). The summed E-state index contributed by atoms with van der Waals surface area (Å²) in [5.74, 6) is -1.02. The smallest absolute Gasteiger partial charge is 0.130 e. The summed E-state index contributed by atoms with van der Waals surface area (Å²) in [6.07, 6.45) is 2.98. The van der Waals surface area contributed by atoms with E-state index in [-0.39, 0.29) is 18.1 Å². The molecule has 0 amide bonds. The van der Waals surface area contributed by atoms with Crippen molar-refractivity contribution < 1.29 is 18.6 Å². The molecule has 1 N–H and O–H groups in total. The van der Waals surface area contributed by atoms with E-state index in [1.54, 1.807) is 6.07 Å². The average molecular weight is 297 g/mol. The molecule has 2 aliphatic heterocycles. The van der Waals surface area contributed by atoms with E-state index in [0.717, 1.165) is 31.9 Å². The van der Waals surface area contributed by atoms with Crippen molar-refractivity contribution in [2.24, 2.45) is 5.41 Å². The first-order valence-electron chi connectivity index (χ1n) is 7.51.